The van der Waals surface area contributed by atoms with Gasteiger partial charge in [0.1, 0.15) is 13.2 Å². The zero-order chi connectivity index (χ0) is 62.6. The van der Waals surface area contributed by atoms with Crippen LogP contribution in [-0.4, -0.2) is 68.5 Å². The van der Waals surface area contributed by atoms with Crippen molar-refractivity contribution in [2.75, 3.05) is 40.9 Å². The van der Waals surface area contributed by atoms with Crippen molar-refractivity contribution in [2.24, 2.45) is 0 Å². The minimum absolute atomic E-state index is 0.00826. The van der Waals surface area contributed by atoms with E-state index in [0.717, 1.165) is 44.9 Å². The van der Waals surface area contributed by atoms with Crippen LogP contribution in [-0.2, 0) is 18.4 Å². The molecule has 0 rings (SSSR count). The second-order valence-electron chi connectivity index (χ2n) is 27.3. The van der Waals surface area contributed by atoms with E-state index in [-0.39, 0.29) is 12.5 Å². The molecule has 508 valence electrons. The number of hydrogen-bond acceptors (Lipinski definition) is 6. The van der Waals surface area contributed by atoms with Crippen LogP contribution in [0.4, 0.5) is 0 Å². The number of carbonyl (C=O) groups is 1. The molecule has 0 aliphatic carbocycles. The first-order chi connectivity index (χ1) is 42.0. The Morgan fingerprint density at radius 3 is 0.942 bits per heavy atom. The van der Waals surface area contributed by atoms with Gasteiger partial charge >= 0.3 is 0 Å². The zero-order valence-corrected chi connectivity index (χ0v) is 59.2. The summed E-state index contributed by atoms with van der Waals surface area (Å²) in [6, 6.07) is -0.912. The van der Waals surface area contributed by atoms with Crippen molar-refractivity contribution in [1.29, 1.82) is 0 Å². The number of nitrogens with zero attached hydrogens (tertiary/aromatic N) is 1. The minimum atomic E-state index is -4.62. The number of phosphoric ester groups is 1. The molecule has 0 heterocycles. The van der Waals surface area contributed by atoms with Gasteiger partial charge in [-0.05, 0) is 70.6 Å². The van der Waals surface area contributed by atoms with Gasteiger partial charge in [-0.25, -0.2) is 0 Å². The third kappa shape index (κ3) is 69.9. The number of nitrogens with one attached hydrogen (secondary N) is 1. The summed E-state index contributed by atoms with van der Waals surface area (Å²) in [7, 11) is 1.25. The van der Waals surface area contributed by atoms with E-state index in [2.05, 4.69) is 55.6 Å². The van der Waals surface area contributed by atoms with Crippen LogP contribution in [0.1, 0.15) is 386 Å². The van der Waals surface area contributed by atoms with E-state index in [1.165, 1.54) is 321 Å². The molecule has 0 aliphatic rings. The predicted molar refractivity (Wildman–Crippen MR) is 376 cm³/mol. The maximum Gasteiger partial charge on any atom is 0.268 e. The number of quaternary nitrogens is 1. The molecular weight excluding hydrogens is 1080 g/mol. The lowest BCUT2D eigenvalue weighted by atomic mass is 10.0. The molecule has 0 aromatic carbocycles. The molecule has 0 aromatic heterocycles. The van der Waals surface area contributed by atoms with Gasteiger partial charge in [-0.2, -0.15) is 0 Å². The monoisotopic (exact) mass is 1230 g/mol. The zero-order valence-electron chi connectivity index (χ0n) is 58.3. The van der Waals surface area contributed by atoms with Gasteiger partial charge in [-0.15, -0.1) is 0 Å². The summed E-state index contributed by atoms with van der Waals surface area (Å²) in [5.41, 5.74) is 0. The van der Waals surface area contributed by atoms with Crippen LogP contribution in [0.15, 0.2) is 48.6 Å². The van der Waals surface area contributed by atoms with E-state index in [1.54, 1.807) is 6.08 Å². The highest BCUT2D eigenvalue weighted by atomic mass is 31.2. The summed E-state index contributed by atoms with van der Waals surface area (Å²) < 4.78 is 23.5. The first-order valence-electron chi connectivity index (χ1n) is 38.0. The van der Waals surface area contributed by atoms with E-state index in [1.807, 2.05) is 27.2 Å². The van der Waals surface area contributed by atoms with Crippen molar-refractivity contribution in [2.45, 2.75) is 398 Å². The molecule has 8 nitrogen and oxygen atoms in total. The van der Waals surface area contributed by atoms with Crippen molar-refractivity contribution in [3.05, 3.63) is 48.6 Å². The van der Waals surface area contributed by atoms with Crippen LogP contribution in [0, 0.1) is 0 Å². The van der Waals surface area contributed by atoms with E-state index in [4.69, 9.17) is 9.05 Å². The van der Waals surface area contributed by atoms with Crippen molar-refractivity contribution in [3.8, 4) is 0 Å². The van der Waals surface area contributed by atoms with Crippen LogP contribution in [0.2, 0.25) is 0 Å². The third-order valence-electron chi connectivity index (χ3n) is 17.5. The number of likely N-dealkylation sites (N-methyl/N-ethyl adjacent to an activating group) is 1. The normalized spacial score (nSPS) is 13.8. The molecule has 0 saturated heterocycles. The average molecular weight is 1230 g/mol. The second-order valence-corrected chi connectivity index (χ2v) is 28.7. The fourth-order valence-electron chi connectivity index (χ4n) is 11.6. The molecule has 3 unspecified atom stereocenters. The highest BCUT2D eigenvalue weighted by Gasteiger charge is 2.23. The van der Waals surface area contributed by atoms with Gasteiger partial charge in [0, 0.05) is 6.42 Å². The van der Waals surface area contributed by atoms with Crippen LogP contribution < -0.4 is 10.2 Å². The van der Waals surface area contributed by atoms with Crippen LogP contribution in [0.3, 0.4) is 0 Å². The molecule has 0 aliphatic heterocycles. The Hall–Kier alpha value is -1.54. The molecule has 0 aromatic rings. The molecular formula is C77H149N2O6P. The Morgan fingerprint density at radius 1 is 0.395 bits per heavy atom. The maximum atomic E-state index is 13.0. The van der Waals surface area contributed by atoms with Crippen molar-refractivity contribution >= 4 is 13.7 Å². The van der Waals surface area contributed by atoms with Gasteiger partial charge in [0.25, 0.3) is 7.82 Å². The molecule has 0 spiro atoms. The molecule has 3 atom stereocenters. The number of phosphoric acid groups is 1. The summed E-state index contributed by atoms with van der Waals surface area (Å²) in [5, 5.41) is 13.9. The van der Waals surface area contributed by atoms with Gasteiger partial charge in [-0.1, -0.05) is 358 Å². The molecule has 0 radical (unpaired) electrons. The van der Waals surface area contributed by atoms with Crippen molar-refractivity contribution in [3.63, 3.8) is 0 Å². The van der Waals surface area contributed by atoms with Crippen LogP contribution in [0.5, 0.6) is 0 Å². The van der Waals surface area contributed by atoms with Crippen molar-refractivity contribution < 1.29 is 32.9 Å². The van der Waals surface area contributed by atoms with Gasteiger partial charge in [0.15, 0.2) is 0 Å². The van der Waals surface area contributed by atoms with Gasteiger partial charge in [-0.3, -0.25) is 9.36 Å². The van der Waals surface area contributed by atoms with E-state index < -0.39 is 26.6 Å². The van der Waals surface area contributed by atoms with Crippen molar-refractivity contribution in [1.82, 2.24) is 5.32 Å². The van der Waals surface area contributed by atoms with Crippen LogP contribution in [0.25, 0.3) is 0 Å². The number of unbranched alkanes of at least 4 members (excludes halogenated alkanes) is 52. The Balaban J connectivity index is 3.99. The van der Waals surface area contributed by atoms with Gasteiger partial charge in [0.05, 0.1) is 39.9 Å². The number of carbonyl (C=O) groups excluding carboxylic acids is 1. The Labute approximate surface area is 537 Å². The largest absolute Gasteiger partial charge is 0.756 e. The predicted octanol–water partition coefficient (Wildman–Crippen LogP) is 23.9. The molecule has 0 bridgehead atoms. The average Bonchev–Trinajstić information content (AvgIpc) is 3.70. The third-order valence-corrected chi connectivity index (χ3v) is 18.5. The Kier molecular flexibility index (Phi) is 66.6. The topological polar surface area (TPSA) is 108 Å². The first kappa shape index (κ1) is 84.5. The molecule has 0 saturated carbocycles. The summed E-state index contributed by atoms with van der Waals surface area (Å²) in [4.78, 5) is 25.6. The first-order valence-corrected chi connectivity index (χ1v) is 39.5. The number of rotatable bonds is 71. The summed E-state index contributed by atoms with van der Waals surface area (Å²) in [6.07, 6.45) is 92.8. The molecule has 1 amide bonds. The van der Waals surface area contributed by atoms with Crippen LogP contribution >= 0.6 is 7.82 Å². The number of hydrogen-bond donors (Lipinski definition) is 2. The summed E-state index contributed by atoms with van der Waals surface area (Å²) >= 11 is 0. The molecule has 9 heteroatoms. The fraction of sp³-hybridized carbons (Fsp3) is 0.883. The Bertz CT molecular complexity index is 1540. The highest BCUT2D eigenvalue weighted by molar-refractivity contribution is 7.45. The number of allylic oxidation sites excluding steroid dienone is 7. The maximum absolute atomic E-state index is 13.0. The molecule has 86 heavy (non-hydrogen) atoms. The van der Waals surface area contributed by atoms with E-state index >= 15 is 0 Å². The van der Waals surface area contributed by atoms with Gasteiger partial charge in [0.2, 0.25) is 5.91 Å². The fourth-order valence-corrected chi connectivity index (χ4v) is 12.3. The SMILES string of the molecule is CCCCCCCCCCCCCCCCC/C=C/CC/C=C/CC/C=C/C(O)C(COP(=O)([O-])OCC[N+](C)(C)C)NC(=O)CCCCCCCCCCCCCCCCCCC/C=C\CCCCCCCCCCCCCCCCCCCC. The standard InChI is InChI=1S/C77H149N2O6P/c1-6-8-10-12-14-16-18-20-22-24-26-28-30-32-33-34-35-36-37-38-39-40-41-42-43-44-45-47-49-51-53-55-57-59-61-63-65-67-69-71-77(81)78-75(74-85-86(82,83)84-73-72-79(3,4)5)76(80)70-68-66-64-62-60-58-56-54-52-50-48-46-31-29-27-25-23-21-19-17-15-13-11-9-7-2/h38-39,52,54,60,62,68,70,75-76,80H,6-37,40-51,53,55-59,61,63-67,69,71-74H2,1-5H3,(H-,78,81,82,83)/b39-38-,54-52+,62-60+,70-68+. The molecule has 2 N–H and O–H groups in total. The highest BCUT2D eigenvalue weighted by Crippen LogP contribution is 2.38. The summed E-state index contributed by atoms with van der Waals surface area (Å²) in [6.45, 7) is 4.68. The number of amides is 1. The lowest BCUT2D eigenvalue weighted by Gasteiger charge is -2.29. The molecule has 0 fully saturated rings. The number of aliphatic hydroxyl groups excluding tert-OH is 1. The lowest BCUT2D eigenvalue weighted by molar-refractivity contribution is -0.870. The quantitative estimate of drug-likeness (QED) is 0.0272. The number of aliphatic hydroxyl groups is 1. The van der Waals surface area contributed by atoms with E-state index in [9.17, 15) is 19.4 Å². The summed E-state index contributed by atoms with van der Waals surface area (Å²) in [5.74, 6) is -0.205. The van der Waals surface area contributed by atoms with E-state index in [0.29, 0.717) is 17.4 Å². The second kappa shape index (κ2) is 67.8. The smallest absolute Gasteiger partial charge is 0.268 e. The van der Waals surface area contributed by atoms with Gasteiger partial charge < -0.3 is 28.8 Å². The Morgan fingerprint density at radius 2 is 0.651 bits per heavy atom. The lowest BCUT2D eigenvalue weighted by Crippen LogP contribution is -2.45. The minimum Gasteiger partial charge on any atom is -0.756 e.